The zero-order valence-electron chi connectivity index (χ0n) is 17.2. The topological polar surface area (TPSA) is 100 Å². The van der Waals surface area contributed by atoms with Gasteiger partial charge in [-0.1, -0.05) is 30.0 Å². The normalized spacial score (nSPS) is 14.5. The lowest BCUT2D eigenvalue weighted by Crippen LogP contribution is -2.11. The number of pyridine rings is 1. The number of nitrogens with two attached hydrogens (primary N) is 1. The van der Waals surface area contributed by atoms with Crippen LogP contribution in [-0.4, -0.2) is 40.4 Å². The summed E-state index contributed by atoms with van der Waals surface area (Å²) in [5.74, 6) is -0.111. The fourth-order valence-electron chi connectivity index (χ4n) is 2.93. The van der Waals surface area contributed by atoms with Gasteiger partial charge in [0.15, 0.2) is 11.0 Å². The van der Waals surface area contributed by atoms with Gasteiger partial charge in [0.2, 0.25) is 0 Å². The molecule has 1 unspecified atom stereocenters. The van der Waals surface area contributed by atoms with Crippen molar-refractivity contribution in [2.24, 2.45) is 0 Å². The summed E-state index contributed by atoms with van der Waals surface area (Å²) in [7, 11) is 0. The van der Waals surface area contributed by atoms with Crippen molar-refractivity contribution in [3.05, 3.63) is 53.9 Å². The third-order valence-corrected chi connectivity index (χ3v) is 5.12. The highest BCUT2D eigenvalue weighted by molar-refractivity contribution is 7.98. The van der Waals surface area contributed by atoms with Gasteiger partial charge in [-0.2, -0.15) is 0 Å². The Labute approximate surface area is 180 Å². The molecule has 0 radical (unpaired) electrons. The van der Waals surface area contributed by atoms with Crippen molar-refractivity contribution in [2.75, 3.05) is 25.2 Å². The number of benzene rings is 1. The van der Waals surface area contributed by atoms with Gasteiger partial charge in [-0.3, -0.25) is 0 Å². The average Bonchev–Trinajstić information content (AvgIpc) is 2.81. The molecule has 0 saturated carbocycles. The van der Waals surface area contributed by atoms with E-state index in [2.05, 4.69) is 15.0 Å². The van der Waals surface area contributed by atoms with E-state index in [-0.39, 0.29) is 0 Å². The van der Waals surface area contributed by atoms with E-state index in [4.69, 9.17) is 15.2 Å². The predicted molar refractivity (Wildman–Crippen MR) is 118 cm³/mol. The summed E-state index contributed by atoms with van der Waals surface area (Å²) in [6, 6.07) is 10.6. The Balaban J connectivity index is 0.000000367. The summed E-state index contributed by atoms with van der Waals surface area (Å²) < 4.78 is 10.5. The minimum Gasteiger partial charge on any atom is -0.453 e. The van der Waals surface area contributed by atoms with Crippen LogP contribution in [0, 0.1) is 0 Å². The number of aromatic nitrogens is 3. The third-order valence-electron chi connectivity index (χ3n) is 4.56. The van der Waals surface area contributed by atoms with Crippen LogP contribution in [0.25, 0.3) is 10.9 Å². The molecule has 3 heterocycles. The molecule has 4 rings (SSSR count). The highest BCUT2D eigenvalue weighted by Crippen LogP contribution is 2.25. The minimum absolute atomic E-state index is 0.294. The zero-order chi connectivity index (χ0) is 21.3. The molecule has 30 heavy (non-hydrogen) atoms. The molecule has 158 valence electrons. The van der Waals surface area contributed by atoms with Crippen molar-refractivity contribution < 1.29 is 14.3 Å². The van der Waals surface area contributed by atoms with Crippen LogP contribution in [0.3, 0.4) is 0 Å². The number of carbonyl (C=O) groups is 1. The van der Waals surface area contributed by atoms with E-state index in [0.717, 1.165) is 18.6 Å². The van der Waals surface area contributed by atoms with Crippen LogP contribution in [0.2, 0.25) is 0 Å². The quantitative estimate of drug-likeness (QED) is 0.371. The number of carbonyl (C=O) groups excluding carboxylic acids is 1. The van der Waals surface area contributed by atoms with E-state index in [9.17, 15) is 4.79 Å². The summed E-state index contributed by atoms with van der Waals surface area (Å²) in [5.41, 5.74) is 7.66. The third kappa shape index (κ3) is 5.90. The first-order valence-corrected chi connectivity index (χ1v) is 11.1. The van der Waals surface area contributed by atoms with E-state index < -0.39 is 12.1 Å². The molecule has 0 spiro atoms. The number of thioether (sulfide) groups is 1. The Bertz CT molecular complexity index is 969. The number of hydrogen-bond acceptors (Lipinski definition) is 8. The van der Waals surface area contributed by atoms with Gasteiger partial charge >= 0.3 is 5.97 Å². The number of rotatable bonds is 4. The molecule has 3 aromatic rings. The summed E-state index contributed by atoms with van der Waals surface area (Å²) in [5, 5.41) is 1.39. The maximum Gasteiger partial charge on any atom is 0.338 e. The van der Waals surface area contributed by atoms with Gasteiger partial charge in [0.1, 0.15) is 11.6 Å². The van der Waals surface area contributed by atoms with E-state index >= 15 is 0 Å². The number of fused-ring (bicyclic) bond motifs is 1. The standard InChI is InChI=1S/C17H16N4O2S.C5H10O/c1-10(23-16(22)11-6-4-3-5-7-11)13-8-12-9-19-17(24-2)21-14(12)15(18)20-13;1-2-4-6-5-3-1/h3-10H,1-2H3,(H2,18,20);1-5H2. The fourth-order valence-corrected chi connectivity index (χ4v) is 3.27. The molecule has 1 saturated heterocycles. The SMILES string of the molecule is C1CCOCC1.CSc1ncc2cc(C(C)OC(=O)c3ccccc3)nc(N)c2n1. The summed E-state index contributed by atoms with van der Waals surface area (Å²) in [4.78, 5) is 25.1. The predicted octanol–water partition coefficient (Wildman–Crippen LogP) is 4.43. The molecule has 0 bridgehead atoms. The van der Waals surface area contributed by atoms with Gasteiger partial charge < -0.3 is 15.2 Å². The number of anilines is 1. The first-order chi connectivity index (χ1) is 14.6. The van der Waals surface area contributed by atoms with E-state index in [1.807, 2.05) is 12.3 Å². The highest BCUT2D eigenvalue weighted by Gasteiger charge is 2.17. The Morgan fingerprint density at radius 1 is 1.17 bits per heavy atom. The van der Waals surface area contributed by atoms with Crippen LogP contribution in [0.1, 0.15) is 48.3 Å². The lowest BCUT2D eigenvalue weighted by Gasteiger charge is -2.14. The van der Waals surface area contributed by atoms with Gasteiger partial charge in [-0.15, -0.1) is 0 Å². The lowest BCUT2D eigenvalue weighted by molar-refractivity contribution is 0.0330. The van der Waals surface area contributed by atoms with Gasteiger partial charge in [0.25, 0.3) is 0 Å². The van der Waals surface area contributed by atoms with Crippen LogP contribution in [0.15, 0.2) is 47.8 Å². The van der Waals surface area contributed by atoms with Crippen molar-refractivity contribution in [1.82, 2.24) is 15.0 Å². The summed E-state index contributed by atoms with van der Waals surface area (Å²) in [6.45, 7) is 3.76. The Morgan fingerprint density at radius 2 is 1.90 bits per heavy atom. The average molecular weight is 427 g/mol. The maximum absolute atomic E-state index is 12.2. The van der Waals surface area contributed by atoms with Gasteiger partial charge in [-0.05, 0) is 50.6 Å². The Kier molecular flexibility index (Phi) is 7.98. The van der Waals surface area contributed by atoms with Gasteiger partial charge in [0.05, 0.1) is 11.3 Å². The van der Waals surface area contributed by atoms with Crippen molar-refractivity contribution in [1.29, 1.82) is 0 Å². The van der Waals surface area contributed by atoms with E-state index in [1.165, 1.54) is 31.0 Å². The highest BCUT2D eigenvalue weighted by atomic mass is 32.2. The zero-order valence-corrected chi connectivity index (χ0v) is 18.0. The molecule has 2 N–H and O–H groups in total. The summed E-state index contributed by atoms with van der Waals surface area (Å²) in [6.07, 6.45) is 6.98. The minimum atomic E-state index is -0.537. The molecule has 1 aliphatic rings. The van der Waals surface area contributed by atoms with Gasteiger partial charge in [-0.25, -0.2) is 19.7 Å². The number of nitrogens with zero attached hydrogens (tertiary/aromatic N) is 3. The fraction of sp³-hybridized carbons (Fsp3) is 0.364. The second kappa shape index (κ2) is 10.9. The monoisotopic (exact) mass is 426 g/mol. The molecule has 1 aromatic carbocycles. The smallest absolute Gasteiger partial charge is 0.338 e. The number of esters is 1. The van der Waals surface area contributed by atoms with Crippen LogP contribution in [0.4, 0.5) is 5.82 Å². The molecule has 1 aliphatic heterocycles. The molecule has 0 amide bonds. The Morgan fingerprint density at radius 3 is 2.50 bits per heavy atom. The first kappa shape index (κ1) is 22.0. The number of ether oxygens (including phenoxy) is 2. The van der Waals surface area contributed by atoms with Crippen LogP contribution in [0.5, 0.6) is 0 Å². The molecule has 7 nitrogen and oxygen atoms in total. The van der Waals surface area contributed by atoms with Crippen molar-refractivity contribution in [2.45, 2.75) is 37.4 Å². The second-order valence-electron chi connectivity index (χ2n) is 6.81. The van der Waals surface area contributed by atoms with E-state index in [0.29, 0.717) is 27.7 Å². The number of hydrogen-bond donors (Lipinski definition) is 1. The first-order valence-electron chi connectivity index (χ1n) is 9.89. The van der Waals surface area contributed by atoms with E-state index in [1.54, 1.807) is 43.5 Å². The lowest BCUT2D eigenvalue weighted by atomic mass is 10.2. The molecule has 1 atom stereocenters. The maximum atomic E-state index is 12.2. The van der Waals surface area contributed by atoms with Crippen molar-refractivity contribution >= 4 is 34.5 Å². The van der Waals surface area contributed by atoms with Crippen molar-refractivity contribution in [3.8, 4) is 0 Å². The van der Waals surface area contributed by atoms with Crippen LogP contribution >= 0.6 is 11.8 Å². The van der Waals surface area contributed by atoms with Crippen LogP contribution < -0.4 is 5.73 Å². The Hall–Kier alpha value is -2.71. The van der Waals surface area contributed by atoms with Gasteiger partial charge in [0, 0.05) is 24.8 Å². The molecular formula is C22H26N4O3S. The number of nitrogen functional groups attached to an aromatic ring is 1. The summed E-state index contributed by atoms with van der Waals surface area (Å²) >= 11 is 1.43. The molecule has 2 aromatic heterocycles. The molecule has 0 aliphatic carbocycles. The van der Waals surface area contributed by atoms with Crippen molar-refractivity contribution in [3.63, 3.8) is 0 Å². The van der Waals surface area contributed by atoms with Crippen LogP contribution in [-0.2, 0) is 9.47 Å². The molecule has 8 heteroatoms. The second-order valence-corrected chi connectivity index (χ2v) is 7.59. The molecular weight excluding hydrogens is 400 g/mol. The molecule has 1 fully saturated rings. The largest absolute Gasteiger partial charge is 0.453 e.